The minimum Gasteiger partial charge on any atom is -0.414 e. The summed E-state index contributed by atoms with van der Waals surface area (Å²) in [4.78, 5) is 15.0. The summed E-state index contributed by atoms with van der Waals surface area (Å²) in [5.41, 5.74) is 2.24. The fourth-order valence-electron chi connectivity index (χ4n) is 11.9. The molecule has 80 heavy (non-hydrogen) atoms. The Hall–Kier alpha value is -0.682. The lowest BCUT2D eigenvalue weighted by molar-refractivity contribution is -0.269. The molecule has 0 radical (unpaired) electrons. The van der Waals surface area contributed by atoms with Gasteiger partial charge in [-0.2, -0.15) is 0 Å². The van der Waals surface area contributed by atoms with Crippen molar-refractivity contribution >= 4 is 39.1 Å². The van der Waals surface area contributed by atoms with Crippen LogP contribution in [0, 0.1) is 11.8 Å². The molecule has 0 aromatic heterocycles. The largest absolute Gasteiger partial charge is 0.414 e. The van der Waals surface area contributed by atoms with Gasteiger partial charge in [-0.3, -0.25) is 4.79 Å². The van der Waals surface area contributed by atoms with Crippen LogP contribution < -0.4 is 0 Å². The summed E-state index contributed by atoms with van der Waals surface area (Å²) in [6.45, 7) is 57.3. The van der Waals surface area contributed by atoms with E-state index in [9.17, 15) is 9.90 Å². The van der Waals surface area contributed by atoms with Crippen molar-refractivity contribution in [3.8, 4) is 0 Å². The van der Waals surface area contributed by atoms with Crippen molar-refractivity contribution in [1.82, 2.24) is 0 Å². The molecule has 16 heteroatoms. The number of methoxy groups -OCH3 is 1. The number of carbonyl (C=O) groups excluding carboxylic acids is 1. The molecule has 0 amide bonds. The Kier molecular flexibility index (Phi) is 22.5. The van der Waals surface area contributed by atoms with Crippen molar-refractivity contribution in [3.05, 3.63) is 36.5 Å². The molecule has 17 atom stereocenters. The molecule has 5 fully saturated rings. The lowest BCUT2D eigenvalue weighted by atomic mass is 9.81. The number of aliphatic hydroxyl groups is 1. The van der Waals surface area contributed by atoms with Crippen LogP contribution in [0.3, 0.4) is 0 Å². The minimum atomic E-state index is -2.50. The third-order valence-corrected chi connectivity index (χ3v) is 39.3. The van der Waals surface area contributed by atoms with Crippen LogP contribution in [-0.4, -0.2) is 149 Å². The highest BCUT2D eigenvalue weighted by Crippen LogP contribution is 2.47. The number of rotatable bonds is 12. The summed E-state index contributed by atoms with van der Waals surface area (Å²) in [6.07, 6.45) is 7.86. The van der Waals surface area contributed by atoms with Crippen molar-refractivity contribution in [3.63, 3.8) is 0 Å². The van der Waals surface area contributed by atoms with Crippen LogP contribution in [0.1, 0.15) is 173 Å². The van der Waals surface area contributed by atoms with Gasteiger partial charge in [-0.1, -0.05) is 115 Å². The molecule has 0 aliphatic carbocycles. The highest BCUT2D eigenvalue weighted by molar-refractivity contribution is 6.75. The number of allylic oxidation sites excluding steroid dienone is 1. The molecule has 8 aliphatic rings. The Morgan fingerprint density at radius 3 is 1.84 bits per heavy atom. The molecule has 0 aromatic rings. The average molecular weight is 1190 g/mol. The van der Waals surface area contributed by atoms with Gasteiger partial charge in [0.2, 0.25) is 0 Å². The first kappa shape index (κ1) is 68.4. The molecule has 1 N–H and O–H groups in total. The Morgan fingerprint density at radius 1 is 0.637 bits per heavy atom. The van der Waals surface area contributed by atoms with Crippen LogP contribution >= 0.6 is 0 Å². The molecular weight excluding hydrogens is 1070 g/mol. The summed E-state index contributed by atoms with van der Waals surface area (Å²) in [6, 6.07) is 0. The first-order valence-corrected chi connectivity index (χ1v) is 43.0. The fourth-order valence-corrected chi connectivity index (χ4v) is 16.9. The van der Waals surface area contributed by atoms with Gasteiger partial charge in [0, 0.05) is 38.7 Å². The van der Waals surface area contributed by atoms with E-state index in [0.29, 0.717) is 32.3 Å². The zero-order valence-electron chi connectivity index (χ0n) is 54.7. The van der Waals surface area contributed by atoms with E-state index >= 15 is 0 Å². The molecule has 0 spiro atoms. The summed E-state index contributed by atoms with van der Waals surface area (Å²) in [5, 5.41) is 12.6. The standard InChI is InChI=1S/C64H118O12Si4/c1-41-34-46-30-32-50-42(2)35-45(69-50)28-26-25-27-29-52(75-79(21,22)63(10,11)12)59-60(76-80(23,24)64(13,14)15)56(66)58-51(73-59)33-31-47(71-58)36-44(65)37-49-54(39-53(70-46)43(41)3)72-55(57(49)67-16)38-48(74-78(19,20)62(7,8)9)40-68-77(17,18)61(4,5)6/h27,29,41,45-60,66H,2-3,25-26,28,30-40H2,1,4-24H3/b29-27+/t41-,45+,46+,47?,48+,49?,50?,51+,52?,53?,54?,55?,56+,57-,58+,59+,60?/m1/s1. The maximum atomic E-state index is 15.0. The van der Waals surface area contributed by atoms with E-state index in [-0.39, 0.29) is 99.4 Å². The third kappa shape index (κ3) is 16.7. The van der Waals surface area contributed by atoms with Gasteiger partial charge in [-0.05, 0) is 147 Å². The minimum absolute atomic E-state index is 0.00585. The molecule has 0 saturated carbocycles. The van der Waals surface area contributed by atoms with Crippen molar-refractivity contribution in [2.24, 2.45) is 11.8 Å². The van der Waals surface area contributed by atoms with E-state index < -0.39 is 76.0 Å². The first-order valence-electron chi connectivity index (χ1n) is 31.4. The molecule has 5 saturated heterocycles. The molecule has 8 rings (SSSR count). The van der Waals surface area contributed by atoms with Crippen molar-refractivity contribution in [2.45, 2.75) is 338 Å². The van der Waals surface area contributed by atoms with Gasteiger partial charge in [-0.15, -0.1) is 0 Å². The predicted molar refractivity (Wildman–Crippen MR) is 335 cm³/mol. The average Bonchev–Trinajstić information content (AvgIpc) is 3.83. The normalized spacial score (nSPS) is 36.3. The Labute approximate surface area is 492 Å². The Bertz CT molecular complexity index is 2100. The fraction of sp³-hybridized carbons (Fsp3) is 0.891. The smallest absolute Gasteiger partial charge is 0.193 e. The van der Waals surface area contributed by atoms with E-state index in [0.717, 1.165) is 50.5 Å². The molecule has 8 bridgehead atoms. The van der Waals surface area contributed by atoms with Crippen molar-refractivity contribution in [2.75, 3.05) is 13.7 Å². The number of hydrogen-bond acceptors (Lipinski definition) is 12. The second-order valence-corrected chi connectivity index (χ2v) is 50.8. The molecular formula is C64H118O12Si4. The summed E-state index contributed by atoms with van der Waals surface area (Å²) < 4.78 is 70.9. The van der Waals surface area contributed by atoms with Crippen LogP contribution in [0.15, 0.2) is 36.5 Å². The molecule has 12 nitrogen and oxygen atoms in total. The third-order valence-electron chi connectivity index (χ3n) is 21.4. The van der Waals surface area contributed by atoms with E-state index in [1.807, 2.05) is 0 Å². The van der Waals surface area contributed by atoms with Crippen LogP contribution in [-0.2, 0) is 50.9 Å². The zero-order valence-corrected chi connectivity index (χ0v) is 58.7. The monoisotopic (exact) mass is 1190 g/mol. The van der Waals surface area contributed by atoms with E-state index in [1.165, 1.54) is 5.57 Å². The van der Waals surface area contributed by atoms with Crippen LogP contribution in [0.2, 0.25) is 72.5 Å². The lowest BCUT2D eigenvalue weighted by Gasteiger charge is -2.53. The van der Waals surface area contributed by atoms with Crippen molar-refractivity contribution in [1.29, 1.82) is 0 Å². The van der Waals surface area contributed by atoms with Crippen LogP contribution in [0.4, 0.5) is 0 Å². The molecule has 0 aromatic carbocycles. The van der Waals surface area contributed by atoms with Gasteiger partial charge in [0.15, 0.2) is 33.3 Å². The number of aliphatic hydroxyl groups excluding tert-OH is 1. The SMILES string of the molecule is C=C1C[C@@H]2CCC/C=C/C(O[Si](C)(C)C(C)(C)C)[C@@H]3O[C@H]4CCC(CC(=O)CC5C(CC6O[C@@H](CCC1O2)C[C@@H](C)C6=C)OC(C[C@@H](CO[Si](C)(C)C(C)(C)C)O[Si](C)(C)C(C)(C)C)[C@@H]5OC)O[C@@H]4[C@H](O)C3O[Si](C)(C)C(C)(C)C. The van der Waals surface area contributed by atoms with Gasteiger partial charge in [0.1, 0.15) is 30.2 Å². The first-order chi connectivity index (χ1) is 36.6. The molecule has 8 unspecified atom stereocenters. The maximum Gasteiger partial charge on any atom is 0.193 e. The molecule has 8 heterocycles. The quantitative estimate of drug-likeness (QED) is 0.147. The topological polar surface area (TPSA) is 130 Å². The highest BCUT2D eigenvalue weighted by atomic mass is 28.4. The number of carbonyl (C=O) groups is 1. The lowest BCUT2D eigenvalue weighted by Crippen LogP contribution is -2.67. The summed E-state index contributed by atoms with van der Waals surface area (Å²) in [7, 11) is -7.53. The summed E-state index contributed by atoms with van der Waals surface area (Å²) >= 11 is 0. The van der Waals surface area contributed by atoms with E-state index in [1.54, 1.807) is 7.11 Å². The molecule has 8 aliphatic heterocycles. The van der Waals surface area contributed by atoms with Crippen molar-refractivity contribution < 1.29 is 56.0 Å². The van der Waals surface area contributed by atoms with Crippen LogP contribution in [0.5, 0.6) is 0 Å². The summed E-state index contributed by atoms with van der Waals surface area (Å²) in [5.74, 6) is 0.0753. The van der Waals surface area contributed by atoms with E-state index in [4.69, 9.17) is 46.1 Å². The van der Waals surface area contributed by atoms with Crippen LogP contribution in [0.25, 0.3) is 0 Å². The number of ether oxygens (including phenoxy) is 6. The van der Waals surface area contributed by atoms with E-state index in [2.05, 4.69) is 168 Å². The zero-order chi connectivity index (χ0) is 59.9. The number of ketones is 1. The van der Waals surface area contributed by atoms with Gasteiger partial charge in [0.05, 0.1) is 73.8 Å². The highest BCUT2D eigenvalue weighted by Gasteiger charge is 2.56. The maximum absolute atomic E-state index is 15.0. The molecule has 462 valence electrons. The Morgan fingerprint density at radius 2 is 1.23 bits per heavy atom. The number of Topliss-reactive ketones (excluding diaryl/α,β-unsaturated/α-hetero) is 1. The van der Waals surface area contributed by atoms with Gasteiger partial charge >= 0.3 is 0 Å². The van der Waals surface area contributed by atoms with Gasteiger partial charge in [0.25, 0.3) is 0 Å². The second kappa shape index (κ2) is 26.3. The number of fused-ring (bicyclic) bond motifs is 2. The number of hydrogen-bond donors (Lipinski definition) is 1. The predicted octanol–water partition coefficient (Wildman–Crippen LogP) is 15.0. The second-order valence-electron chi connectivity index (χ2n) is 31.7. The van der Waals surface area contributed by atoms with Gasteiger partial charge in [-0.25, -0.2) is 0 Å². The Balaban J connectivity index is 1.35. The van der Waals surface area contributed by atoms with Gasteiger partial charge < -0.3 is 51.2 Å².